The molecule has 1 atom stereocenters. The third-order valence-corrected chi connectivity index (χ3v) is 5.42. The minimum Gasteiger partial charge on any atom is -0.490 e. The topological polar surface area (TPSA) is 121 Å². The summed E-state index contributed by atoms with van der Waals surface area (Å²) in [4.78, 5) is 39.1. The second-order valence-corrected chi connectivity index (χ2v) is 7.74. The molecule has 2 heterocycles. The van der Waals surface area contributed by atoms with Crippen molar-refractivity contribution in [3.8, 4) is 17.6 Å². The lowest BCUT2D eigenvalue weighted by atomic mass is 9.91. The van der Waals surface area contributed by atoms with E-state index >= 15 is 0 Å². The van der Waals surface area contributed by atoms with Crippen LogP contribution in [0.5, 0.6) is 11.5 Å². The molecule has 0 radical (unpaired) electrons. The molecule has 4 amide bonds. The number of amides is 4. The fourth-order valence-electron chi connectivity index (χ4n) is 3.65. The Labute approximate surface area is 184 Å². The number of fused-ring (bicyclic) bond motifs is 1. The summed E-state index contributed by atoms with van der Waals surface area (Å²) < 4.78 is 11.3. The summed E-state index contributed by atoms with van der Waals surface area (Å²) in [6, 6.07) is 13.3. The maximum absolute atomic E-state index is 13.1. The molecule has 164 valence electrons. The van der Waals surface area contributed by atoms with E-state index in [9.17, 15) is 14.4 Å². The highest BCUT2D eigenvalue weighted by Gasteiger charge is 2.49. The predicted molar refractivity (Wildman–Crippen MR) is 114 cm³/mol. The molecule has 0 aliphatic carbocycles. The van der Waals surface area contributed by atoms with Crippen LogP contribution in [0.1, 0.15) is 24.5 Å². The number of benzene rings is 2. The van der Waals surface area contributed by atoms with Crippen molar-refractivity contribution in [1.82, 2.24) is 10.2 Å². The quantitative estimate of drug-likeness (QED) is 0.697. The SMILES string of the molecule is C[C@@]1(c2ccc3c(c2)OCCCO3)NC(=O)N(CC(=O)Nc2ccc(CC#N)cc2)C1=O. The zero-order chi connectivity index (χ0) is 22.7. The van der Waals surface area contributed by atoms with Gasteiger partial charge in [0, 0.05) is 12.1 Å². The van der Waals surface area contributed by atoms with Crippen molar-refractivity contribution < 1.29 is 23.9 Å². The molecule has 2 aliphatic rings. The van der Waals surface area contributed by atoms with Gasteiger partial charge in [0.15, 0.2) is 11.5 Å². The zero-order valence-electron chi connectivity index (χ0n) is 17.5. The molecule has 2 aliphatic heterocycles. The highest BCUT2D eigenvalue weighted by molar-refractivity contribution is 6.10. The van der Waals surface area contributed by atoms with Gasteiger partial charge in [-0.25, -0.2) is 4.79 Å². The van der Waals surface area contributed by atoms with Crippen LogP contribution in [0.4, 0.5) is 10.5 Å². The number of carbonyl (C=O) groups is 3. The number of ether oxygens (including phenoxy) is 2. The average Bonchev–Trinajstić information content (AvgIpc) is 2.94. The molecule has 2 aromatic rings. The number of imide groups is 1. The van der Waals surface area contributed by atoms with Crippen molar-refractivity contribution in [2.24, 2.45) is 0 Å². The molecule has 1 fully saturated rings. The summed E-state index contributed by atoms with van der Waals surface area (Å²) in [7, 11) is 0. The van der Waals surface area contributed by atoms with Crippen LogP contribution in [0.3, 0.4) is 0 Å². The van der Waals surface area contributed by atoms with E-state index in [0.717, 1.165) is 16.9 Å². The molecule has 1 saturated heterocycles. The highest BCUT2D eigenvalue weighted by Crippen LogP contribution is 2.36. The summed E-state index contributed by atoms with van der Waals surface area (Å²) in [5.41, 5.74) is 0.539. The smallest absolute Gasteiger partial charge is 0.325 e. The lowest BCUT2D eigenvalue weighted by Gasteiger charge is -2.23. The number of carbonyl (C=O) groups excluding carboxylic acids is 3. The number of nitriles is 1. The largest absolute Gasteiger partial charge is 0.490 e. The van der Waals surface area contributed by atoms with Gasteiger partial charge in [0.25, 0.3) is 5.91 Å². The van der Waals surface area contributed by atoms with Crippen molar-refractivity contribution in [3.05, 3.63) is 53.6 Å². The molecule has 2 N–H and O–H groups in total. The van der Waals surface area contributed by atoms with Gasteiger partial charge in [0.2, 0.25) is 5.91 Å². The Morgan fingerprint density at radius 1 is 1.16 bits per heavy atom. The summed E-state index contributed by atoms with van der Waals surface area (Å²) in [5, 5.41) is 14.1. The molecular formula is C23H22N4O5. The van der Waals surface area contributed by atoms with Crippen molar-refractivity contribution in [2.75, 3.05) is 25.1 Å². The molecule has 9 nitrogen and oxygen atoms in total. The Morgan fingerprint density at radius 3 is 2.59 bits per heavy atom. The van der Waals surface area contributed by atoms with Crippen molar-refractivity contribution in [3.63, 3.8) is 0 Å². The van der Waals surface area contributed by atoms with E-state index in [1.165, 1.54) is 0 Å². The number of hydrogen-bond acceptors (Lipinski definition) is 6. The van der Waals surface area contributed by atoms with E-state index in [4.69, 9.17) is 14.7 Å². The van der Waals surface area contributed by atoms with Gasteiger partial charge in [-0.05, 0) is 42.3 Å². The summed E-state index contributed by atoms with van der Waals surface area (Å²) in [6.45, 7) is 2.21. The first kappa shape index (κ1) is 21.2. The number of urea groups is 1. The highest BCUT2D eigenvalue weighted by atomic mass is 16.5. The lowest BCUT2D eigenvalue weighted by molar-refractivity contribution is -0.133. The first-order valence-corrected chi connectivity index (χ1v) is 10.2. The minimum atomic E-state index is -1.33. The standard InChI is InChI=1S/C23H22N4O5/c1-23(16-5-8-18-19(13-16)32-12-2-11-31-18)21(29)27(22(30)26-23)14-20(28)25-17-6-3-15(4-7-17)9-10-24/h3-8,13H,2,9,11-12,14H2,1H3,(H,25,28)(H,26,30)/t23-/m0/s1. The van der Waals surface area contributed by atoms with Gasteiger partial charge in [-0.15, -0.1) is 0 Å². The number of anilines is 1. The summed E-state index contributed by atoms with van der Waals surface area (Å²) >= 11 is 0. The average molecular weight is 434 g/mol. The Morgan fingerprint density at radius 2 is 1.88 bits per heavy atom. The fourth-order valence-corrected chi connectivity index (χ4v) is 3.65. The third-order valence-electron chi connectivity index (χ3n) is 5.42. The van der Waals surface area contributed by atoms with Gasteiger partial charge >= 0.3 is 6.03 Å². The molecular weight excluding hydrogens is 412 g/mol. The van der Waals surface area contributed by atoms with E-state index in [0.29, 0.717) is 36.0 Å². The monoisotopic (exact) mass is 434 g/mol. The normalized spacial score (nSPS) is 19.7. The summed E-state index contributed by atoms with van der Waals surface area (Å²) in [5.74, 6) is 0.0592. The van der Waals surface area contributed by atoms with E-state index in [1.807, 2.05) is 0 Å². The molecule has 32 heavy (non-hydrogen) atoms. The maximum Gasteiger partial charge on any atom is 0.325 e. The van der Waals surface area contributed by atoms with E-state index in [-0.39, 0.29) is 6.42 Å². The fraction of sp³-hybridized carbons (Fsp3) is 0.304. The third kappa shape index (κ3) is 4.07. The van der Waals surface area contributed by atoms with Crippen molar-refractivity contribution >= 4 is 23.5 Å². The van der Waals surface area contributed by atoms with Crippen LogP contribution >= 0.6 is 0 Å². The van der Waals surface area contributed by atoms with Gasteiger partial charge in [-0.1, -0.05) is 18.2 Å². The molecule has 0 aromatic heterocycles. The van der Waals surface area contributed by atoms with Crippen LogP contribution in [-0.4, -0.2) is 42.5 Å². The molecule has 2 aromatic carbocycles. The summed E-state index contributed by atoms with van der Waals surface area (Å²) in [6.07, 6.45) is 1.02. The second kappa shape index (κ2) is 8.59. The minimum absolute atomic E-state index is 0.273. The van der Waals surface area contributed by atoms with Crippen LogP contribution in [0.25, 0.3) is 0 Å². The van der Waals surface area contributed by atoms with Gasteiger partial charge in [-0.2, -0.15) is 5.26 Å². The van der Waals surface area contributed by atoms with Crippen LogP contribution in [-0.2, 0) is 21.5 Å². The van der Waals surface area contributed by atoms with E-state index in [1.54, 1.807) is 49.4 Å². The number of nitrogens with zero attached hydrogens (tertiary/aromatic N) is 2. The first-order valence-electron chi connectivity index (χ1n) is 10.2. The molecule has 9 heteroatoms. The Balaban J connectivity index is 1.47. The van der Waals surface area contributed by atoms with Gasteiger partial charge in [0.1, 0.15) is 12.1 Å². The van der Waals surface area contributed by atoms with Crippen LogP contribution in [0.2, 0.25) is 0 Å². The lowest BCUT2D eigenvalue weighted by Crippen LogP contribution is -2.42. The Bertz CT molecular complexity index is 1110. The van der Waals surface area contributed by atoms with Gasteiger partial charge < -0.3 is 20.1 Å². The van der Waals surface area contributed by atoms with Crippen molar-refractivity contribution in [2.45, 2.75) is 25.3 Å². The van der Waals surface area contributed by atoms with Gasteiger partial charge in [-0.3, -0.25) is 14.5 Å². The molecule has 0 saturated carbocycles. The molecule has 0 bridgehead atoms. The Hall–Kier alpha value is -4.06. The van der Waals surface area contributed by atoms with Crippen LogP contribution in [0, 0.1) is 11.3 Å². The second-order valence-electron chi connectivity index (χ2n) is 7.74. The predicted octanol–water partition coefficient (Wildman–Crippen LogP) is 2.32. The van der Waals surface area contributed by atoms with Crippen LogP contribution < -0.4 is 20.1 Å². The van der Waals surface area contributed by atoms with Gasteiger partial charge in [0.05, 0.1) is 25.7 Å². The van der Waals surface area contributed by atoms with E-state index < -0.39 is 29.9 Å². The molecule has 0 unspecified atom stereocenters. The number of rotatable bonds is 5. The first-order chi connectivity index (χ1) is 15.4. The van der Waals surface area contributed by atoms with Crippen molar-refractivity contribution in [1.29, 1.82) is 5.26 Å². The maximum atomic E-state index is 13.1. The number of nitrogens with one attached hydrogen (secondary N) is 2. The Kier molecular flexibility index (Phi) is 5.69. The van der Waals surface area contributed by atoms with Crippen LogP contribution in [0.15, 0.2) is 42.5 Å². The zero-order valence-corrected chi connectivity index (χ0v) is 17.5. The number of hydrogen-bond donors (Lipinski definition) is 2. The molecule has 4 rings (SSSR count). The molecule has 0 spiro atoms. The van der Waals surface area contributed by atoms with E-state index in [2.05, 4.69) is 16.7 Å².